The average Bonchev–Trinajstić information content (AvgIpc) is 2.28. The molecule has 0 saturated carbocycles. The molecule has 1 atom stereocenters. The summed E-state index contributed by atoms with van der Waals surface area (Å²) in [7, 11) is -1.25. The summed E-state index contributed by atoms with van der Waals surface area (Å²) >= 11 is 12.3. The van der Waals surface area contributed by atoms with Crippen LogP contribution in [0.1, 0.15) is 44.7 Å². The Hall–Kier alpha value is -0.380. The second-order valence-electron chi connectivity index (χ2n) is 5.67. The van der Waals surface area contributed by atoms with Gasteiger partial charge in [0.05, 0.1) is 10.5 Å². The molecule has 2 nitrogen and oxygen atoms in total. The number of fused-ring (bicyclic) bond motifs is 1. The average molecular weight is 318 g/mol. The van der Waals surface area contributed by atoms with Gasteiger partial charge in [-0.05, 0) is 57.7 Å². The van der Waals surface area contributed by atoms with Gasteiger partial charge in [0.15, 0.2) is 0 Å². The van der Waals surface area contributed by atoms with Gasteiger partial charge in [-0.1, -0.05) is 23.2 Å². The first-order valence-electron chi connectivity index (χ1n) is 6.27. The van der Waals surface area contributed by atoms with Crippen LogP contribution in [0.25, 0.3) is 0 Å². The SMILES string of the molecule is CC(C)(C)[S@@](=O)N=C1CCCc2c(Cl)cc(Cl)cc21. The second kappa shape index (κ2) is 5.55. The highest BCUT2D eigenvalue weighted by Gasteiger charge is 2.23. The van der Waals surface area contributed by atoms with Gasteiger partial charge >= 0.3 is 0 Å². The zero-order valence-electron chi connectivity index (χ0n) is 11.3. The summed E-state index contributed by atoms with van der Waals surface area (Å²) < 4.78 is 16.2. The number of benzene rings is 1. The number of halogens is 2. The first kappa shape index (κ1) is 15.0. The molecule has 0 aromatic heterocycles. The molecule has 5 heteroatoms. The van der Waals surface area contributed by atoms with Crippen molar-refractivity contribution < 1.29 is 4.21 Å². The fourth-order valence-electron chi connectivity index (χ4n) is 2.01. The normalized spacial score (nSPS) is 19.3. The molecule has 0 fully saturated rings. The lowest BCUT2D eigenvalue weighted by Crippen LogP contribution is -2.22. The van der Waals surface area contributed by atoms with Gasteiger partial charge in [-0.2, -0.15) is 4.40 Å². The van der Waals surface area contributed by atoms with Crippen LogP contribution < -0.4 is 0 Å². The predicted octanol–water partition coefficient (Wildman–Crippen LogP) is 4.58. The zero-order valence-corrected chi connectivity index (χ0v) is 13.6. The van der Waals surface area contributed by atoms with Gasteiger partial charge in [-0.25, -0.2) is 4.21 Å². The van der Waals surface area contributed by atoms with E-state index >= 15 is 0 Å². The van der Waals surface area contributed by atoms with Crippen LogP contribution in [0.15, 0.2) is 16.5 Å². The largest absolute Gasteiger partial charge is 0.234 e. The maximum atomic E-state index is 12.2. The second-order valence-corrected chi connectivity index (χ2v) is 8.42. The minimum atomic E-state index is -1.25. The molecule has 0 bridgehead atoms. The Morgan fingerprint density at radius 1 is 1.21 bits per heavy atom. The maximum absolute atomic E-state index is 12.2. The van der Waals surface area contributed by atoms with Crippen molar-refractivity contribution >= 4 is 39.9 Å². The molecule has 0 heterocycles. The number of hydrogen-bond acceptors (Lipinski definition) is 1. The van der Waals surface area contributed by atoms with Crippen molar-refractivity contribution in [1.82, 2.24) is 0 Å². The summed E-state index contributed by atoms with van der Waals surface area (Å²) in [4.78, 5) is 0. The van der Waals surface area contributed by atoms with Crippen molar-refractivity contribution in [1.29, 1.82) is 0 Å². The summed E-state index contributed by atoms with van der Waals surface area (Å²) in [6, 6.07) is 3.63. The third-order valence-electron chi connectivity index (χ3n) is 3.03. The fourth-order valence-corrected chi connectivity index (χ4v) is 3.27. The minimum absolute atomic E-state index is 0.354. The Labute approximate surface area is 126 Å². The molecule has 0 N–H and O–H groups in total. The Morgan fingerprint density at radius 3 is 2.53 bits per heavy atom. The first-order valence-corrected chi connectivity index (χ1v) is 8.13. The molecule has 1 aromatic carbocycles. The molecular formula is C14H17Cl2NOS. The van der Waals surface area contributed by atoms with Crippen molar-refractivity contribution in [2.45, 2.75) is 44.8 Å². The number of nitrogens with zero attached hydrogens (tertiary/aromatic N) is 1. The molecule has 1 aliphatic rings. The van der Waals surface area contributed by atoms with E-state index < -0.39 is 11.0 Å². The molecule has 0 radical (unpaired) electrons. The Bertz CT molecular complexity index is 561. The van der Waals surface area contributed by atoms with E-state index in [-0.39, 0.29) is 4.75 Å². The predicted molar refractivity (Wildman–Crippen MR) is 83.8 cm³/mol. The quantitative estimate of drug-likeness (QED) is 0.745. The van der Waals surface area contributed by atoms with E-state index in [0.29, 0.717) is 10.0 Å². The standard InChI is InChI=1S/C14H17Cl2NOS/c1-14(2,3)19(18)17-13-6-4-5-10-11(13)7-9(15)8-12(10)16/h7-8H,4-6H2,1-3H3/t19-/m1/s1. The molecule has 0 saturated heterocycles. The van der Waals surface area contributed by atoms with Crippen molar-refractivity contribution in [3.05, 3.63) is 33.3 Å². The van der Waals surface area contributed by atoms with Gasteiger partial charge in [0, 0.05) is 15.6 Å². The highest BCUT2D eigenvalue weighted by atomic mass is 35.5. The molecule has 0 spiro atoms. The van der Waals surface area contributed by atoms with Crippen LogP contribution in [-0.2, 0) is 17.4 Å². The molecule has 104 valence electrons. The van der Waals surface area contributed by atoms with Gasteiger partial charge < -0.3 is 0 Å². The van der Waals surface area contributed by atoms with Gasteiger partial charge in [-0.3, -0.25) is 0 Å². The molecule has 0 unspecified atom stereocenters. The summed E-state index contributed by atoms with van der Waals surface area (Å²) in [6.07, 6.45) is 2.73. The van der Waals surface area contributed by atoms with E-state index in [1.54, 1.807) is 6.07 Å². The molecule has 2 rings (SSSR count). The van der Waals surface area contributed by atoms with E-state index in [2.05, 4.69) is 4.40 Å². The molecule has 0 amide bonds. The number of rotatable bonds is 1. The van der Waals surface area contributed by atoms with Crippen LogP contribution in [0, 0.1) is 0 Å². The first-order chi connectivity index (χ1) is 8.79. The van der Waals surface area contributed by atoms with Crippen LogP contribution in [0.2, 0.25) is 10.0 Å². The Balaban J connectivity index is 2.48. The lowest BCUT2D eigenvalue weighted by molar-refractivity contribution is 0.650. The van der Waals surface area contributed by atoms with Crippen LogP contribution >= 0.6 is 23.2 Å². The third kappa shape index (κ3) is 3.39. The summed E-state index contributed by atoms with van der Waals surface area (Å²) in [6.45, 7) is 5.76. The van der Waals surface area contributed by atoms with Crippen LogP contribution in [0.5, 0.6) is 0 Å². The molecule has 1 aromatic rings. The van der Waals surface area contributed by atoms with Gasteiger partial charge in [0.1, 0.15) is 11.0 Å². The Kier molecular flexibility index (Phi) is 4.38. The maximum Gasteiger partial charge on any atom is 0.145 e. The Morgan fingerprint density at radius 2 is 1.89 bits per heavy atom. The molecule has 1 aliphatic carbocycles. The number of hydrogen-bond donors (Lipinski definition) is 0. The van der Waals surface area contributed by atoms with E-state index in [0.717, 1.165) is 36.1 Å². The smallest absolute Gasteiger partial charge is 0.145 e. The molecular weight excluding hydrogens is 301 g/mol. The lowest BCUT2D eigenvalue weighted by Gasteiger charge is -2.21. The van der Waals surface area contributed by atoms with Crippen molar-refractivity contribution in [3.8, 4) is 0 Å². The van der Waals surface area contributed by atoms with E-state index in [9.17, 15) is 4.21 Å². The molecule has 19 heavy (non-hydrogen) atoms. The van der Waals surface area contributed by atoms with Crippen molar-refractivity contribution in [2.24, 2.45) is 4.40 Å². The van der Waals surface area contributed by atoms with Crippen molar-refractivity contribution in [3.63, 3.8) is 0 Å². The highest BCUT2D eigenvalue weighted by Crippen LogP contribution is 2.32. The van der Waals surface area contributed by atoms with Crippen molar-refractivity contribution in [2.75, 3.05) is 0 Å². The van der Waals surface area contributed by atoms with E-state index in [4.69, 9.17) is 23.2 Å². The van der Waals surface area contributed by atoms with Gasteiger partial charge in [0.25, 0.3) is 0 Å². The molecule has 0 aliphatic heterocycles. The monoisotopic (exact) mass is 317 g/mol. The van der Waals surface area contributed by atoms with Gasteiger partial charge in [-0.15, -0.1) is 0 Å². The van der Waals surface area contributed by atoms with Crippen LogP contribution in [0.4, 0.5) is 0 Å². The summed E-state index contributed by atoms with van der Waals surface area (Å²) in [5.74, 6) is 0. The third-order valence-corrected chi connectivity index (χ3v) is 5.02. The van der Waals surface area contributed by atoms with Gasteiger partial charge in [0.2, 0.25) is 0 Å². The van der Waals surface area contributed by atoms with Crippen LogP contribution in [-0.4, -0.2) is 14.7 Å². The minimum Gasteiger partial charge on any atom is -0.234 e. The fraction of sp³-hybridized carbons (Fsp3) is 0.500. The highest BCUT2D eigenvalue weighted by molar-refractivity contribution is 7.85. The zero-order chi connectivity index (χ0) is 14.2. The van der Waals surface area contributed by atoms with E-state index in [1.807, 2.05) is 26.8 Å². The summed E-state index contributed by atoms with van der Waals surface area (Å²) in [5.41, 5.74) is 2.89. The topological polar surface area (TPSA) is 29.4 Å². The lowest BCUT2D eigenvalue weighted by atomic mass is 9.90. The van der Waals surface area contributed by atoms with E-state index in [1.165, 1.54) is 0 Å². The summed E-state index contributed by atoms with van der Waals surface area (Å²) in [5, 5.41) is 1.27. The van der Waals surface area contributed by atoms with Crippen LogP contribution in [0.3, 0.4) is 0 Å².